The van der Waals surface area contributed by atoms with E-state index in [0.717, 1.165) is 28.1 Å². The standard InChI is InChI=1S/C23H26N2O4S/c1-15-10-16(2)12-18(11-15)23(28)24-13-22(27)29-14-21(26)25-9-8-17(3)30-20-7-5-4-6-19(20)25/h4-7,10-12,17H,8-9,13-14H2,1-3H3,(H,24,28). The molecule has 1 unspecified atom stereocenters. The van der Waals surface area contributed by atoms with Gasteiger partial charge in [-0.05, 0) is 44.5 Å². The van der Waals surface area contributed by atoms with Gasteiger partial charge in [0.2, 0.25) is 0 Å². The average Bonchev–Trinajstić information content (AvgIpc) is 2.87. The Morgan fingerprint density at radius 2 is 1.83 bits per heavy atom. The minimum atomic E-state index is -0.646. The Labute approximate surface area is 181 Å². The zero-order chi connectivity index (χ0) is 21.7. The molecule has 7 heteroatoms. The molecule has 0 fully saturated rings. The fourth-order valence-electron chi connectivity index (χ4n) is 3.38. The van der Waals surface area contributed by atoms with Crippen LogP contribution >= 0.6 is 11.8 Å². The number of amides is 2. The van der Waals surface area contributed by atoms with Crippen molar-refractivity contribution in [1.29, 1.82) is 0 Å². The van der Waals surface area contributed by atoms with Gasteiger partial charge in [-0.2, -0.15) is 0 Å². The van der Waals surface area contributed by atoms with Gasteiger partial charge in [0.1, 0.15) is 6.54 Å². The smallest absolute Gasteiger partial charge is 0.325 e. The zero-order valence-electron chi connectivity index (χ0n) is 17.4. The maximum atomic E-state index is 12.7. The first-order chi connectivity index (χ1) is 14.3. The van der Waals surface area contributed by atoms with Crippen LogP contribution in [0.1, 0.15) is 34.8 Å². The molecule has 1 aliphatic rings. The number of anilines is 1. The Morgan fingerprint density at radius 1 is 1.13 bits per heavy atom. The largest absolute Gasteiger partial charge is 0.454 e. The summed E-state index contributed by atoms with van der Waals surface area (Å²) in [6, 6.07) is 13.2. The third-order valence-electron chi connectivity index (χ3n) is 4.78. The number of esters is 1. The lowest BCUT2D eigenvalue weighted by Gasteiger charge is -2.22. The minimum absolute atomic E-state index is 0.272. The van der Waals surface area contributed by atoms with Crippen LogP contribution in [0.25, 0.3) is 0 Å². The van der Waals surface area contributed by atoms with Crippen LogP contribution in [0, 0.1) is 13.8 Å². The molecule has 6 nitrogen and oxygen atoms in total. The summed E-state index contributed by atoms with van der Waals surface area (Å²) in [5.41, 5.74) is 3.28. The normalized spacial score (nSPS) is 15.7. The van der Waals surface area contributed by atoms with Crippen molar-refractivity contribution in [1.82, 2.24) is 5.32 Å². The van der Waals surface area contributed by atoms with E-state index >= 15 is 0 Å². The molecule has 30 heavy (non-hydrogen) atoms. The topological polar surface area (TPSA) is 75.7 Å². The summed E-state index contributed by atoms with van der Waals surface area (Å²) in [6.07, 6.45) is 0.852. The molecule has 1 aliphatic heterocycles. The molecule has 1 atom stereocenters. The van der Waals surface area contributed by atoms with Crippen LogP contribution in [-0.4, -0.2) is 42.7 Å². The summed E-state index contributed by atoms with van der Waals surface area (Å²) in [7, 11) is 0. The van der Waals surface area contributed by atoms with Gasteiger partial charge in [-0.3, -0.25) is 14.4 Å². The third-order valence-corrected chi connectivity index (χ3v) is 6.02. The second-order valence-electron chi connectivity index (χ2n) is 7.45. The highest BCUT2D eigenvalue weighted by Crippen LogP contribution is 2.37. The van der Waals surface area contributed by atoms with Gasteiger partial charge in [-0.1, -0.05) is 36.2 Å². The fourth-order valence-corrected chi connectivity index (χ4v) is 4.49. The van der Waals surface area contributed by atoms with Crippen LogP contribution in [0.3, 0.4) is 0 Å². The summed E-state index contributed by atoms with van der Waals surface area (Å²) in [5, 5.41) is 2.94. The van der Waals surface area contributed by atoms with Gasteiger partial charge in [0, 0.05) is 22.3 Å². The van der Waals surface area contributed by atoms with E-state index in [2.05, 4.69) is 12.2 Å². The van der Waals surface area contributed by atoms with Gasteiger partial charge in [-0.15, -0.1) is 11.8 Å². The van der Waals surface area contributed by atoms with E-state index in [1.807, 2.05) is 44.2 Å². The van der Waals surface area contributed by atoms with Crippen molar-refractivity contribution < 1.29 is 19.1 Å². The first-order valence-electron chi connectivity index (χ1n) is 9.91. The number of aryl methyl sites for hydroxylation is 2. The maximum Gasteiger partial charge on any atom is 0.325 e. The lowest BCUT2D eigenvalue weighted by molar-refractivity contribution is -0.146. The molecule has 0 aromatic heterocycles. The van der Waals surface area contributed by atoms with Crippen molar-refractivity contribution >= 4 is 35.2 Å². The predicted molar refractivity (Wildman–Crippen MR) is 118 cm³/mol. The monoisotopic (exact) mass is 426 g/mol. The lowest BCUT2D eigenvalue weighted by atomic mass is 10.1. The molecule has 2 aromatic carbocycles. The van der Waals surface area contributed by atoms with Crippen LogP contribution in [0.2, 0.25) is 0 Å². The van der Waals surface area contributed by atoms with E-state index in [-0.39, 0.29) is 25.0 Å². The van der Waals surface area contributed by atoms with E-state index in [1.165, 1.54) is 0 Å². The van der Waals surface area contributed by atoms with Gasteiger partial charge in [0.05, 0.1) is 5.69 Å². The van der Waals surface area contributed by atoms with Crippen molar-refractivity contribution in [2.45, 2.75) is 37.3 Å². The number of rotatable bonds is 5. The zero-order valence-corrected chi connectivity index (χ0v) is 18.3. The summed E-state index contributed by atoms with van der Waals surface area (Å²) >= 11 is 1.74. The van der Waals surface area contributed by atoms with Crippen LogP contribution in [0.4, 0.5) is 5.69 Å². The van der Waals surface area contributed by atoms with E-state index in [9.17, 15) is 14.4 Å². The van der Waals surface area contributed by atoms with Gasteiger partial charge < -0.3 is 15.0 Å². The molecule has 3 rings (SSSR count). The van der Waals surface area contributed by atoms with Gasteiger partial charge in [-0.25, -0.2) is 0 Å². The number of nitrogens with one attached hydrogen (secondary N) is 1. The number of hydrogen-bond acceptors (Lipinski definition) is 5. The second kappa shape index (κ2) is 9.80. The van der Waals surface area contributed by atoms with E-state index < -0.39 is 5.97 Å². The Morgan fingerprint density at radius 3 is 2.57 bits per heavy atom. The number of para-hydroxylation sites is 1. The van der Waals surface area contributed by atoms with Crippen LogP contribution in [-0.2, 0) is 14.3 Å². The predicted octanol–water partition coefficient (Wildman–Crippen LogP) is 3.49. The third kappa shape index (κ3) is 5.63. The summed E-state index contributed by atoms with van der Waals surface area (Å²) in [6.45, 7) is 5.88. The molecule has 0 aliphatic carbocycles. The minimum Gasteiger partial charge on any atom is -0.454 e. The van der Waals surface area contributed by atoms with E-state index in [0.29, 0.717) is 17.4 Å². The molecular formula is C23H26N2O4S. The van der Waals surface area contributed by atoms with E-state index in [1.54, 1.807) is 28.8 Å². The number of nitrogens with zero attached hydrogens (tertiary/aromatic N) is 1. The molecule has 0 bridgehead atoms. The van der Waals surface area contributed by atoms with Crippen molar-refractivity contribution in [3.63, 3.8) is 0 Å². The average molecular weight is 427 g/mol. The second-order valence-corrected chi connectivity index (χ2v) is 8.93. The van der Waals surface area contributed by atoms with Gasteiger partial charge in [0.15, 0.2) is 6.61 Å². The Kier molecular flexibility index (Phi) is 7.15. The highest BCUT2D eigenvalue weighted by Gasteiger charge is 2.24. The lowest BCUT2D eigenvalue weighted by Crippen LogP contribution is -2.37. The highest BCUT2D eigenvalue weighted by molar-refractivity contribution is 8.00. The molecule has 158 valence electrons. The number of fused-ring (bicyclic) bond motifs is 1. The molecule has 2 aromatic rings. The Hall–Kier alpha value is -2.80. The Bertz CT molecular complexity index is 940. The number of hydrogen-bond donors (Lipinski definition) is 1. The van der Waals surface area contributed by atoms with Crippen molar-refractivity contribution in [2.75, 3.05) is 24.6 Å². The SMILES string of the molecule is Cc1cc(C)cc(C(=O)NCC(=O)OCC(=O)N2CCC(C)Sc3ccccc32)c1. The van der Waals surface area contributed by atoms with Gasteiger partial charge >= 0.3 is 5.97 Å². The quantitative estimate of drug-likeness (QED) is 0.741. The number of ether oxygens (including phenoxy) is 1. The number of benzene rings is 2. The van der Waals surface area contributed by atoms with Crippen LogP contribution < -0.4 is 10.2 Å². The Balaban J connectivity index is 1.53. The van der Waals surface area contributed by atoms with E-state index in [4.69, 9.17) is 4.74 Å². The van der Waals surface area contributed by atoms with Crippen molar-refractivity contribution in [3.8, 4) is 0 Å². The van der Waals surface area contributed by atoms with Gasteiger partial charge in [0.25, 0.3) is 11.8 Å². The first-order valence-corrected chi connectivity index (χ1v) is 10.8. The number of thioether (sulfide) groups is 1. The maximum absolute atomic E-state index is 12.7. The number of carbonyl (C=O) groups is 3. The first kappa shape index (κ1) is 21.9. The van der Waals surface area contributed by atoms with Crippen LogP contribution in [0.5, 0.6) is 0 Å². The highest BCUT2D eigenvalue weighted by atomic mass is 32.2. The molecule has 1 heterocycles. The fraction of sp³-hybridized carbons (Fsp3) is 0.348. The summed E-state index contributed by atoms with van der Waals surface area (Å²) in [5.74, 6) is -1.27. The molecule has 0 saturated heterocycles. The van der Waals surface area contributed by atoms with Crippen molar-refractivity contribution in [2.24, 2.45) is 0 Å². The summed E-state index contributed by atoms with van der Waals surface area (Å²) in [4.78, 5) is 39.7. The van der Waals surface area contributed by atoms with Crippen molar-refractivity contribution in [3.05, 3.63) is 59.2 Å². The number of carbonyl (C=O) groups excluding carboxylic acids is 3. The van der Waals surface area contributed by atoms with Crippen LogP contribution in [0.15, 0.2) is 47.4 Å². The molecular weight excluding hydrogens is 400 g/mol. The molecule has 2 amide bonds. The molecule has 0 spiro atoms. The summed E-state index contributed by atoms with van der Waals surface area (Å²) < 4.78 is 5.12. The molecule has 0 radical (unpaired) electrons. The molecule has 0 saturated carbocycles. The molecule has 1 N–H and O–H groups in total.